The van der Waals surface area contributed by atoms with Crippen molar-refractivity contribution in [2.75, 3.05) is 37.7 Å². The van der Waals surface area contributed by atoms with Gasteiger partial charge in [0.2, 0.25) is 0 Å². The minimum atomic E-state index is -1.58. The van der Waals surface area contributed by atoms with E-state index in [1.807, 2.05) is 0 Å². The Labute approximate surface area is 414 Å². The second-order valence-corrected chi connectivity index (χ2v) is 19.4. The van der Waals surface area contributed by atoms with Gasteiger partial charge in [-0.05, 0) is 37.2 Å². The van der Waals surface area contributed by atoms with E-state index in [-0.39, 0.29) is 67.6 Å². The summed E-state index contributed by atoms with van der Waals surface area (Å²) in [6, 6.07) is 6.86. The molecular formula is C45H68N8O15S2. The third kappa shape index (κ3) is 12.1. The Balaban J connectivity index is 0.00000804. The fourth-order valence-electron chi connectivity index (χ4n) is 9.10. The highest BCUT2D eigenvalue weighted by Crippen LogP contribution is 2.36. The van der Waals surface area contributed by atoms with Crippen molar-refractivity contribution in [3.8, 4) is 0 Å². The van der Waals surface area contributed by atoms with Crippen LogP contribution in [0.3, 0.4) is 0 Å². The molecule has 2 aliphatic carbocycles. The quantitative estimate of drug-likeness (QED) is 0.0324. The van der Waals surface area contributed by atoms with Crippen LogP contribution >= 0.6 is 24.0 Å². The molecule has 2 aromatic rings. The molecule has 390 valence electrons. The van der Waals surface area contributed by atoms with Crippen molar-refractivity contribution >= 4 is 46.4 Å². The molecule has 0 spiro atoms. The standard InChI is InChI=1S/C44H64N8O15S2.CH4/c45-14-25-33(57)35(59)28(49)41(62-25)65-38-23(48)13-22(47)32(56)40(38)67-43-37(61)39(66-42-29(50)36(60)34(58)26(15-46)63-42)27(64-43)16-69-11-10-52-44(68)51-9-3-6-24(53)17-7-8-20-21(12-17)31(55)19-5-2-1-4-18(19)30(20)54;/h1-2,4-5,7-8,12,22-23,25-29,32-43,56-61H,3,6,9-11,13-16,45-50H2,(H2,51,52,68);1H4/t22-,23?,25?,26+,27-,28?,29?,32?,33-,34-,35-,36?,37+,38-,39+,40-,41-,42-,43?;/m1./s1. The molecule has 3 aliphatic heterocycles. The lowest BCUT2D eigenvalue weighted by Crippen LogP contribution is -2.68. The fourth-order valence-corrected chi connectivity index (χ4v) is 10.2. The van der Waals surface area contributed by atoms with Crippen molar-refractivity contribution in [3.63, 3.8) is 0 Å². The second kappa shape index (κ2) is 24.7. The number of thiocarbonyl (C=S) groups is 1. The van der Waals surface area contributed by atoms with Crippen molar-refractivity contribution in [3.05, 3.63) is 70.3 Å². The molecule has 7 rings (SSSR count). The number of aliphatic hydroxyl groups excluding tert-OH is 6. The maximum Gasteiger partial charge on any atom is 0.194 e. The minimum Gasteiger partial charge on any atom is -0.389 e. The molecule has 3 heterocycles. The molecule has 23 nitrogen and oxygen atoms in total. The summed E-state index contributed by atoms with van der Waals surface area (Å²) in [7, 11) is 0. The molecule has 3 saturated heterocycles. The molecule has 5 aliphatic rings. The number of ketones is 3. The van der Waals surface area contributed by atoms with Crippen molar-refractivity contribution in [1.29, 1.82) is 0 Å². The molecule has 0 bridgehead atoms. The topological polar surface area (TPSA) is 408 Å². The van der Waals surface area contributed by atoms with Crippen molar-refractivity contribution in [2.45, 2.75) is 143 Å². The molecule has 20 N–H and O–H groups in total. The lowest BCUT2D eigenvalue weighted by molar-refractivity contribution is -0.306. The van der Waals surface area contributed by atoms with Gasteiger partial charge in [-0.15, -0.1) is 0 Å². The van der Waals surface area contributed by atoms with Crippen LogP contribution in [0.4, 0.5) is 0 Å². The lowest BCUT2D eigenvalue weighted by Gasteiger charge is -2.47. The molecule has 19 atom stereocenters. The summed E-state index contributed by atoms with van der Waals surface area (Å²) in [5, 5.41) is 71.8. The maximum absolute atomic E-state index is 13.1. The van der Waals surface area contributed by atoms with Crippen LogP contribution < -0.4 is 45.0 Å². The Hall–Kier alpha value is -3.23. The molecule has 2 aromatic carbocycles. The fraction of sp³-hybridized carbons (Fsp3) is 0.644. The van der Waals surface area contributed by atoms with Gasteiger partial charge < -0.3 is 104 Å². The number of fused-ring (bicyclic) bond motifs is 2. The Morgan fingerprint density at radius 3 is 1.79 bits per heavy atom. The van der Waals surface area contributed by atoms with E-state index in [9.17, 15) is 45.0 Å². The summed E-state index contributed by atoms with van der Waals surface area (Å²) in [6.07, 6.45) is -19.2. The summed E-state index contributed by atoms with van der Waals surface area (Å²) in [5.41, 5.74) is 38.1. The lowest BCUT2D eigenvalue weighted by atomic mass is 9.83. The zero-order valence-corrected chi connectivity index (χ0v) is 39.1. The first-order chi connectivity index (χ1) is 32.9. The van der Waals surface area contributed by atoms with Gasteiger partial charge in [-0.25, -0.2) is 0 Å². The Morgan fingerprint density at radius 2 is 1.19 bits per heavy atom. The van der Waals surface area contributed by atoms with Crippen LogP contribution in [-0.4, -0.2) is 207 Å². The van der Waals surface area contributed by atoms with Crippen LogP contribution in [-0.2, 0) is 28.4 Å². The third-order valence-electron chi connectivity index (χ3n) is 13.1. The molecule has 7 unspecified atom stereocenters. The summed E-state index contributed by atoms with van der Waals surface area (Å²) >= 11 is 6.83. The highest BCUT2D eigenvalue weighted by atomic mass is 32.2. The van der Waals surface area contributed by atoms with E-state index in [1.165, 1.54) is 23.9 Å². The number of hydrogen-bond acceptors (Lipinski definition) is 23. The Bertz CT molecular complexity index is 2130. The number of ether oxygens (including phenoxy) is 6. The Kier molecular flexibility index (Phi) is 19.8. The molecule has 1 saturated carbocycles. The molecule has 0 amide bonds. The predicted molar refractivity (Wildman–Crippen MR) is 257 cm³/mol. The van der Waals surface area contributed by atoms with Gasteiger partial charge in [-0.1, -0.05) is 37.8 Å². The van der Waals surface area contributed by atoms with E-state index in [2.05, 4.69) is 10.6 Å². The van der Waals surface area contributed by atoms with Crippen LogP contribution in [0.1, 0.15) is 68.9 Å². The number of hydrogen-bond donors (Lipinski definition) is 14. The van der Waals surface area contributed by atoms with E-state index in [0.717, 1.165) is 0 Å². The predicted octanol–water partition coefficient (Wildman–Crippen LogP) is -4.62. The van der Waals surface area contributed by atoms with Gasteiger partial charge >= 0.3 is 0 Å². The highest BCUT2D eigenvalue weighted by Gasteiger charge is 2.54. The minimum absolute atomic E-state index is 0. The number of carbonyl (C=O) groups excluding carboxylic acids is 3. The highest BCUT2D eigenvalue weighted by molar-refractivity contribution is 7.99. The smallest absolute Gasteiger partial charge is 0.194 e. The van der Waals surface area contributed by atoms with Crippen LogP contribution in [0.25, 0.3) is 0 Å². The number of benzene rings is 2. The van der Waals surface area contributed by atoms with Gasteiger partial charge in [0.15, 0.2) is 41.3 Å². The van der Waals surface area contributed by atoms with Gasteiger partial charge in [-0.2, -0.15) is 11.8 Å². The van der Waals surface area contributed by atoms with Crippen LogP contribution in [0.15, 0.2) is 42.5 Å². The number of rotatable bonds is 18. The summed E-state index contributed by atoms with van der Waals surface area (Å²) < 4.78 is 36.4. The first kappa shape index (κ1) is 56.1. The number of nitrogens with two attached hydrogens (primary N) is 6. The van der Waals surface area contributed by atoms with Crippen molar-refractivity contribution in [2.24, 2.45) is 34.4 Å². The number of Topliss-reactive ketones (excluding diaryl/α,β-unsaturated/α-hetero) is 1. The van der Waals surface area contributed by atoms with Crippen molar-refractivity contribution in [1.82, 2.24) is 10.6 Å². The molecule has 70 heavy (non-hydrogen) atoms. The molecule has 0 aromatic heterocycles. The average molecular weight is 1030 g/mol. The van der Waals surface area contributed by atoms with Gasteiger partial charge in [0, 0.05) is 84.0 Å². The Morgan fingerprint density at radius 1 is 0.657 bits per heavy atom. The van der Waals surface area contributed by atoms with Gasteiger partial charge in [0.25, 0.3) is 0 Å². The molecule has 4 fully saturated rings. The van der Waals surface area contributed by atoms with Crippen molar-refractivity contribution < 1.29 is 73.4 Å². The van der Waals surface area contributed by atoms with E-state index in [4.69, 9.17) is 75.0 Å². The number of thioether (sulfide) groups is 1. The zero-order chi connectivity index (χ0) is 49.8. The summed E-state index contributed by atoms with van der Waals surface area (Å²) in [6.45, 7) is 0.389. The summed E-state index contributed by atoms with van der Waals surface area (Å²) in [4.78, 5) is 39.2. The van der Waals surface area contributed by atoms with E-state index >= 15 is 0 Å². The van der Waals surface area contributed by atoms with Gasteiger partial charge in [0.05, 0.1) is 24.3 Å². The first-order valence-electron chi connectivity index (χ1n) is 22.8. The van der Waals surface area contributed by atoms with E-state index in [0.29, 0.717) is 47.1 Å². The normalized spacial score (nSPS) is 37.2. The second-order valence-electron chi connectivity index (χ2n) is 17.8. The molecule has 25 heteroatoms. The third-order valence-corrected chi connectivity index (χ3v) is 14.5. The van der Waals surface area contributed by atoms with E-state index in [1.54, 1.807) is 30.3 Å². The van der Waals surface area contributed by atoms with Crippen LogP contribution in [0, 0.1) is 0 Å². The molecule has 0 radical (unpaired) electrons. The first-order valence-corrected chi connectivity index (χ1v) is 24.4. The average Bonchev–Trinajstić information content (AvgIpc) is 3.63. The SMILES string of the molecule is C.NCC1O[C@H](O[C@@H]2C(N)C[C@@H](N)C(O)[C@H]2OC2O[C@H](CSCCNC(=S)NCCCC(=O)c3ccc4c(c3)C(=O)c3ccccc3C4=O)[C@H](O[C@H]3O[C@@H](CN)[C@@H](O)C(O)C3N)[C@@H]2O)C(N)[C@@H](O)[C@@H]1O. The van der Waals surface area contributed by atoms with Crippen LogP contribution in [0.2, 0.25) is 0 Å². The maximum atomic E-state index is 13.1. The van der Waals surface area contributed by atoms with Gasteiger partial charge in [-0.3, -0.25) is 14.4 Å². The number of nitrogens with one attached hydrogen (secondary N) is 2. The monoisotopic (exact) mass is 1020 g/mol. The van der Waals surface area contributed by atoms with Gasteiger partial charge in [0.1, 0.15) is 61.0 Å². The number of aliphatic hydroxyl groups is 6. The largest absolute Gasteiger partial charge is 0.389 e. The summed E-state index contributed by atoms with van der Waals surface area (Å²) in [5.74, 6) is -0.0999. The molecular weight excluding hydrogens is 957 g/mol. The van der Waals surface area contributed by atoms with E-state index < -0.39 is 116 Å². The zero-order valence-electron chi connectivity index (χ0n) is 37.5. The number of carbonyl (C=O) groups is 3. The van der Waals surface area contributed by atoms with Crippen LogP contribution in [0.5, 0.6) is 0 Å².